The maximum Gasteiger partial charge on any atom is 0.416 e. The Morgan fingerprint density at radius 2 is 1.61 bits per heavy atom. The molecule has 0 saturated carbocycles. The summed E-state index contributed by atoms with van der Waals surface area (Å²) in [4.78, 5) is 22.6. The molecule has 1 aliphatic rings. The molecule has 0 aliphatic carbocycles. The number of ether oxygens (including phenoxy) is 2. The molecule has 3 atom stereocenters. The minimum absolute atomic E-state index is 0.00701. The summed E-state index contributed by atoms with van der Waals surface area (Å²) in [5.41, 5.74) is -2.53. The number of hydrogen-bond acceptors (Lipinski definition) is 9. The van der Waals surface area contributed by atoms with Gasteiger partial charge in [-0.2, -0.15) is 22.0 Å². The minimum atomic E-state index is -4.57. The summed E-state index contributed by atoms with van der Waals surface area (Å²) in [5.74, 6) is -0.847. The number of benzene rings is 2. The lowest BCUT2D eigenvalue weighted by Crippen LogP contribution is -2.62. The lowest BCUT2D eigenvalue weighted by atomic mass is 9.96. The first-order valence-electron chi connectivity index (χ1n) is 14.3. The first-order chi connectivity index (χ1) is 21.6. The van der Waals surface area contributed by atoms with Crippen LogP contribution >= 0.6 is 0 Å². The van der Waals surface area contributed by atoms with E-state index in [1.54, 1.807) is 0 Å². The smallest absolute Gasteiger partial charge is 0.416 e. The zero-order valence-corrected chi connectivity index (χ0v) is 25.7. The zero-order chi connectivity index (χ0) is 33.8. The van der Waals surface area contributed by atoms with Gasteiger partial charge in [0.05, 0.1) is 35.0 Å². The molecule has 0 spiro atoms. The fourth-order valence-corrected chi connectivity index (χ4v) is 6.02. The second kappa shape index (κ2) is 13.9. The van der Waals surface area contributed by atoms with Crippen LogP contribution in [0.25, 0.3) is 0 Å². The van der Waals surface area contributed by atoms with Crippen molar-refractivity contribution in [3.05, 3.63) is 83.9 Å². The van der Waals surface area contributed by atoms with Crippen LogP contribution in [0.4, 0.5) is 22.0 Å². The largest absolute Gasteiger partial charge is 0.489 e. The van der Waals surface area contributed by atoms with Crippen molar-refractivity contribution in [3.8, 4) is 5.75 Å². The number of carbonyl (C=O) groups excluding carboxylic acids is 1. The number of rotatable bonds is 13. The van der Waals surface area contributed by atoms with Crippen LogP contribution in [0.3, 0.4) is 0 Å². The second-order valence-corrected chi connectivity index (χ2v) is 12.9. The SMILES string of the molecule is CCC(F)(F)OC[C@@H]1C[C@@H](Oc2ccc(C(F)(F)F)cc2)CN1[C@](CO)(NC(=O)c1cncnc1)c1ccc(S(=O)(=O)CC)cc1. The number of nitrogens with one attached hydrogen (secondary N) is 1. The molecule has 10 nitrogen and oxygen atoms in total. The average Bonchev–Trinajstić information content (AvgIpc) is 3.45. The van der Waals surface area contributed by atoms with Gasteiger partial charge in [-0.05, 0) is 42.0 Å². The van der Waals surface area contributed by atoms with E-state index < -0.39 is 71.0 Å². The van der Waals surface area contributed by atoms with Gasteiger partial charge >= 0.3 is 12.3 Å². The molecule has 1 amide bonds. The summed E-state index contributed by atoms with van der Waals surface area (Å²) in [6, 6.07) is 8.41. The molecule has 0 bridgehead atoms. The van der Waals surface area contributed by atoms with Gasteiger partial charge in [0.2, 0.25) is 0 Å². The van der Waals surface area contributed by atoms with E-state index in [-0.39, 0.29) is 40.5 Å². The number of likely N-dealkylation sites (tertiary alicyclic amines) is 1. The van der Waals surface area contributed by atoms with Crippen LogP contribution in [0, 0.1) is 0 Å². The molecule has 4 rings (SSSR count). The van der Waals surface area contributed by atoms with Crippen molar-refractivity contribution in [2.75, 3.05) is 25.5 Å². The van der Waals surface area contributed by atoms with Crippen LogP contribution in [-0.4, -0.2) is 78.1 Å². The Morgan fingerprint density at radius 3 is 2.15 bits per heavy atom. The van der Waals surface area contributed by atoms with Crippen LogP contribution in [0.5, 0.6) is 5.75 Å². The molecule has 250 valence electrons. The summed E-state index contributed by atoms with van der Waals surface area (Å²) >= 11 is 0. The fourth-order valence-electron chi connectivity index (χ4n) is 5.13. The lowest BCUT2D eigenvalue weighted by Gasteiger charge is -2.44. The third-order valence-electron chi connectivity index (χ3n) is 7.69. The number of aliphatic hydroxyl groups excluding tert-OH is 1. The number of sulfone groups is 1. The van der Waals surface area contributed by atoms with Crippen LogP contribution in [0.2, 0.25) is 0 Å². The highest BCUT2D eigenvalue weighted by atomic mass is 32.2. The number of aromatic nitrogens is 2. The number of hydrogen-bond donors (Lipinski definition) is 2. The highest BCUT2D eigenvalue weighted by Gasteiger charge is 2.49. The van der Waals surface area contributed by atoms with Crippen molar-refractivity contribution in [1.29, 1.82) is 0 Å². The van der Waals surface area contributed by atoms with Crippen molar-refractivity contribution in [1.82, 2.24) is 20.2 Å². The minimum Gasteiger partial charge on any atom is -0.489 e. The quantitative estimate of drug-likeness (QED) is 0.254. The van der Waals surface area contributed by atoms with E-state index >= 15 is 0 Å². The van der Waals surface area contributed by atoms with Crippen LogP contribution in [0.15, 0.2) is 72.1 Å². The van der Waals surface area contributed by atoms with Crippen molar-refractivity contribution in [3.63, 3.8) is 0 Å². The van der Waals surface area contributed by atoms with Gasteiger partial charge in [-0.25, -0.2) is 18.4 Å². The van der Waals surface area contributed by atoms with E-state index in [4.69, 9.17) is 9.47 Å². The van der Waals surface area contributed by atoms with E-state index in [1.165, 1.54) is 61.7 Å². The topological polar surface area (TPSA) is 131 Å². The van der Waals surface area contributed by atoms with E-state index in [1.807, 2.05) is 0 Å². The van der Waals surface area contributed by atoms with Gasteiger partial charge < -0.3 is 19.9 Å². The second-order valence-electron chi connectivity index (χ2n) is 10.6. The number of halogens is 5. The van der Waals surface area contributed by atoms with Crippen molar-refractivity contribution in [2.45, 2.75) is 61.7 Å². The van der Waals surface area contributed by atoms with Crippen LogP contribution in [0.1, 0.15) is 48.2 Å². The number of amides is 1. The molecule has 1 saturated heterocycles. The predicted octanol–water partition coefficient (Wildman–Crippen LogP) is 4.41. The molecule has 16 heteroatoms. The number of aliphatic hydroxyl groups is 1. The van der Waals surface area contributed by atoms with Crippen LogP contribution in [-0.2, 0) is 26.4 Å². The Bertz CT molecular complexity index is 1580. The van der Waals surface area contributed by atoms with E-state index in [0.29, 0.717) is 0 Å². The third-order valence-corrected chi connectivity index (χ3v) is 9.44. The highest BCUT2D eigenvalue weighted by molar-refractivity contribution is 7.91. The monoisotopic (exact) mass is 672 g/mol. The van der Waals surface area contributed by atoms with Crippen molar-refractivity contribution >= 4 is 15.7 Å². The van der Waals surface area contributed by atoms with Gasteiger partial charge in [0.25, 0.3) is 5.91 Å². The Balaban J connectivity index is 1.76. The summed E-state index contributed by atoms with van der Waals surface area (Å²) in [7, 11) is -3.62. The van der Waals surface area contributed by atoms with E-state index in [9.17, 15) is 40.3 Å². The van der Waals surface area contributed by atoms with E-state index in [2.05, 4.69) is 15.3 Å². The van der Waals surface area contributed by atoms with Gasteiger partial charge in [0.1, 0.15) is 23.8 Å². The van der Waals surface area contributed by atoms with Gasteiger partial charge in [-0.1, -0.05) is 26.0 Å². The number of carbonyl (C=O) groups is 1. The molecule has 2 N–H and O–H groups in total. The Morgan fingerprint density at radius 1 is 1.00 bits per heavy atom. The molecule has 0 unspecified atom stereocenters. The number of nitrogens with zero attached hydrogens (tertiary/aromatic N) is 3. The molecule has 1 aliphatic heterocycles. The van der Waals surface area contributed by atoms with Crippen LogP contribution < -0.4 is 10.1 Å². The average molecular weight is 673 g/mol. The molecule has 1 aromatic heterocycles. The highest BCUT2D eigenvalue weighted by Crippen LogP contribution is 2.37. The van der Waals surface area contributed by atoms with Gasteiger partial charge in [0, 0.05) is 37.8 Å². The molecule has 1 fully saturated rings. The summed E-state index contributed by atoms with van der Waals surface area (Å²) in [5, 5.41) is 13.8. The van der Waals surface area contributed by atoms with Crippen molar-refractivity contribution in [2.24, 2.45) is 0 Å². The normalized spacial score (nSPS) is 19.0. The lowest BCUT2D eigenvalue weighted by molar-refractivity contribution is -0.247. The fraction of sp³-hybridized carbons (Fsp3) is 0.433. The van der Waals surface area contributed by atoms with E-state index in [0.717, 1.165) is 24.3 Å². The molecule has 2 heterocycles. The first kappa shape index (κ1) is 35.1. The molecule has 2 aromatic carbocycles. The number of alkyl halides is 5. The summed E-state index contributed by atoms with van der Waals surface area (Å²) in [6.45, 7) is 1.19. The standard InChI is InChI=1S/C30H33F5N4O6S/c1-3-29(31,32)44-17-23-13-25(45-24-9-5-22(6-10-24)30(33,34)35)16-39(23)28(18-40,38-27(41)20-14-36-19-37-15-20)21-7-11-26(12-8-21)46(42,43)4-2/h5-12,14-15,19,23,25,40H,3-4,13,16-18H2,1-2H3,(H,38,41)/t23-,25+,28-/m0/s1. The Labute approximate surface area is 262 Å². The Kier molecular flexibility index (Phi) is 10.7. The summed E-state index contributed by atoms with van der Waals surface area (Å²) in [6.07, 6.45) is -5.85. The third kappa shape index (κ3) is 7.97. The van der Waals surface area contributed by atoms with Gasteiger partial charge in [-0.3, -0.25) is 9.69 Å². The molecular weight excluding hydrogens is 639 g/mol. The zero-order valence-electron chi connectivity index (χ0n) is 24.9. The summed E-state index contributed by atoms with van der Waals surface area (Å²) < 4.78 is 104. The maximum atomic E-state index is 14.3. The molecule has 0 radical (unpaired) electrons. The molecular formula is C30H33F5N4O6S. The first-order valence-corrected chi connectivity index (χ1v) is 15.9. The molecule has 46 heavy (non-hydrogen) atoms. The van der Waals surface area contributed by atoms with Gasteiger partial charge in [-0.15, -0.1) is 0 Å². The maximum absolute atomic E-state index is 14.3. The molecule has 3 aromatic rings. The predicted molar refractivity (Wildman–Crippen MR) is 155 cm³/mol. The van der Waals surface area contributed by atoms with Crippen molar-refractivity contribution < 1.29 is 49.7 Å². The van der Waals surface area contributed by atoms with Gasteiger partial charge in [0.15, 0.2) is 9.84 Å². The Hall–Kier alpha value is -3.73.